The van der Waals surface area contributed by atoms with Crippen LogP contribution in [-0.2, 0) is 9.47 Å². The molecule has 1 fully saturated rings. The fourth-order valence-corrected chi connectivity index (χ4v) is 1.22. The van der Waals surface area contributed by atoms with E-state index in [0.717, 1.165) is 0 Å². The van der Waals surface area contributed by atoms with E-state index in [9.17, 15) is 5.11 Å². The monoisotopic (exact) mass is 189 g/mol. The molecule has 1 aliphatic heterocycles. The van der Waals surface area contributed by atoms with Crippen LogP contribution < -0.4 is 5.73 Å². The molecule has 1 rings (SSSR count). The number of hydrogen-bond acceptors (Lipinski definition) is 4. The summed E-state index contributed by atoms with van der Waals surface area (Å²) in [6.45, 7) is 5.95. The molecule has 1 aliphatic rings. The summed E-state index contributed by atoms with van der Waals surface area (Å²) in [5.41, 5.74) is 4.26. The van der Waals surface area contributed by atoms with E-state index in [1.807, 2.05) is 13.8 Å². The molecule has 0 atom stereocenters. The predicted molar refractivity (Wildman–Crippen MR) is 49.4 cm³/mol. The van der Waals surface area contributed by atoms with Gasteiger partial charge in [0.1, 0.15) is 5.60 Å². The molecular formula is C9H19NO3. The van der Waals surface area contributed by atoms with E-state index in [1.165, 1.54) is 0 Å². The van der Waals surface area contributed by atoms with E-state index in [2.05, 4.69) is 0 Å². The van der Waals surface area contributed by atoms with Crippen LogP contribution in [0.5, 0.6) is 0 Å². The van der Waals surface area contributed by atoms with E-state index in [1.54, 1.807) is 0 Å². The van der Waals surface area contributed by atoms with Crippen LogP contribution in [0.3, 0.4) is 0 Å². The summed E-state index contributed by atoms with van der Waals surface area (Å²) in [6, 6.07) is 0. The average molecular weight is 189 g/mol. The van der Waals surface area contributed by atoms with E-state index >= 15 is 0 Å². The third-order valence-electron chi connectivity index (χ3n) is 2.82. The van der Waals surface area contributed by atoms with Crippen molar-refractivity contribution in [2.24, 2.45) is 11.1 Å². The van der Waals surface area contributed by atoms with E-state index < -0.39 is 5.60 Å². The van der Waals surface area contributed by atoms with E-state index in [0.29, 0.717) is 33.0 Å². The van der Waals surface area contributed by atoms with Crippen molar-refractivity contribution < 1.29 is 14.6 Å². The zero-order valence-electron chi connectivity index (χ0n) is 8.38. The molecule has 0 aromatic carbocycles. The Hall–Kier alpha value is -0.160. The number of hydrogen-bond donors (Lipinski definition) is 2. The fourth-order valence-electron chi connectivity index (χ4n) is 1.22. The maximum Gasteiger partial charge on any atom is 0.117 e. The van der Waals surface area contributed by atoms with Crippen molar-refractivity contribution in [1.82, 2.24) is 0 Å². The second-order valence-corrected chi connectivity index (χ2v) is 4.22. The highest BCUT2D eigenvalue weighted by Crippen LogP contribution is 2.31. The van der Waals surface area contributed by atoms with Gasteiger partial charge < -0.3 is 20.3 Å². The predicted octanol–water partition coefficient (Wildman–Crippen LogP) is -0.251. The van der Waals surface area contributed by atoms with E-state index in [-0.39, 0.29) is 5.41 Å². The minimum absolute atomic E-state index is 0.303. The first-order chi connectivity index (χ1) is 6.02. The van der Waals surface area contributed by atoms with Crippen LogP contribution in [0.2, 0.25) is 0 Å². The van der Waals surface area contributed by atoms with Crippen LogP contribution >= 0.6 is 0 Å². The van der Waals surface area contributed by atoms with Crippen molar-refractivity contribution in [2.45, 2.75) is 19.4 Å². The molecule has 1 heterocycles. The van der Waals surface area contributed by atoms with Crippen LogP contribution in [0.1, 0.15) is 13.8 Å². The molecule has 0 bridgehead atoms. The summed E-state index contributed by atoms with van der Waals surface area (Å²) in [5.74, 6) is 0. The molecule has 0 aromatic heterocycles. The van der Waals surface area contributed by atoms with Crippen molar-refractivity contribution in [2.75, 3.05) is 33.0 Å². The summed E-state index contributed by atoms with van der Waals surface area (Å²) < 4.78 is 10.5. The Morgan fingerprint density at radius 2 is 1.77 bits per heavy atom. The molecule has 0 spiro atoms. The Bertz CT molecular complexity index is 162. The third-order valence-corrected chi connectivity index (χ3v) is 2.82. The first-order valence-electron chi connectivity index (χ1n) is 4.60. The van der Waals surface area contributed by atoms with Crippen LogP contribution in [-0.4, -0.2) is 43.7 Å². The standard InChI is InChI=1S/C9H19NO3/c1-8(2,5-10)9(11)6-12-3-4-13-7-9/h11H,3-7,10H2,1-2H3. The summed E-state index contributed by atoms with van der Waals surface area (Å²) >= 11 is 0. The SMILES string of the molecule is CC(C)(CN)C1(O)COCCOC1. The van der Waals surface area contributed by atoms with Gasteiger partial charge in [-0.2, -0.15) is 0 Å². The lowest BCUT2D eigenvalue weighted by molar-refractivity contribution is -0.127. The van der Waals surface area contributed by atoms with Gasteiger partial charge in [0, 0.05) is 12.0 Å². The maximum atomic E-state index is 10.2. The molecule has 4 heteroatoms. The smallest absolute Gasteiger partial charge is 0.117 e. The van der Waals surface area contributed by atoms with Gasteiger partial charge in [-0.1, -0.05) is 13.8 Å². The van der Waals surface area contributed by atoms with Gasteiger partial charge in [-0.3, -0.25) is 0 Å². The second kappa shape index (κ2) is 3.92. The van der Waals surface area contributed by atoms with Gasteiger partial charge in [-0.15, -0.1) is 0 Å². The number of aliphatic hydroxyl groups is 1. The molecule has 0 saturated carbocycles. The summed E-state index contributed by atoms with van der Waals surface area (Å²) in [6.07, 6.45) is 0. The van der Waals surface area contributed by atoms with Gasteiger partial charge in [0.05, 0.1) is 26.4 Å². The minimum atomic E-state index is -0.960. The highest BCUT2D eigenvalue weighted by Gasteiger charge is 2.44. The van der Waals surface area contributed by atoms with Crippen molar-refractivity contribution in [3.05, 3.63) is 0 Å². The molecule has 3 N–H and O–H groups in total. The van der Waals surface area contributed by atoms with Crippen molar-refractivity contribution in [3.63, 3.8) is 0 Å². The zero-order valence-corrected chi connectivity index (χ0v) is 8.38. The number of ether oxygens (including phenoxy) is 2. The van der Waals surface area contributed by atoms with Gasteiger partial charge in [0.15, 0.2) is 0 Å². The topological polar surface area (TPSA) is 64.7 Å². The Kier molecular flexibility index (Phi) is 3.29. The highest BCUT2D eigenvalue weighted by atomic mass is 16.6. The van der Waals surface area contributed by atoms with Crippen molar-refractivity contribution in [3.8, 4) is 0 Å². The normalized spacial score (nSPS) is 24.0. The maximum absolute atomic E-state index is 10.2. The quantitative estimate of drug-likeness (QED) is 0.628. The van der Waals surface area contributed by atoms with Gasteiger partial charge >= 0.3 is 0 Å². The second-order valence-electron chi connectivity index (χ2n) is 4.22. The van der Waals surface area contributed by atoms with Crippen LogP contribution in [0.4, 0.5) is 0 Å². The molecule has 0 aliphatic carbocycles. The molecule has 0 unspecified atom stereocenters. The molecule has 78 valence electrons. The Morgan fingerprint density at radius 3 is 2.15 bits per heavy atom. The molecule has 0 amide bonds. The van der Waals surface area contributed by atoms with Crippen LogP contribution in [0.15, 0.2) is 0 Å². The van der Waals surface area contributed by atoms with Crippen molar-refractivity contribution >= 4 is 0 Å². The third kappa shape index (κ3) is 2.20. The number of nitrogens with two attached hydrogens (primary N) is 1. The zero-order chi connectivity index (χ0) is 9.95. The van der Waals surface area contributed by atoms with Gasteiger partial charge in [0.25, 0.3) is 0 Å². The van der Waals surface area contributed by atoms with Crippen LogP contribution in [0, 0.1) is 5.41 Å². The lowest BCUT2D eigenvalue weighted by atomic mass is 9.75. The average Bonchev–Trinajstić information content (AvgIpc) is 2.31. The molecular weight excluding hydrogens is 170 g/mol. The van der Waals surface area contributed by atoms with E-state index in [4.69, 9.17) is 15.2 Å². The number of rotatable bonds is 2. The lowest BCUT2D eigenvalue weighted by Crippen LogP contribution is -2.54. The Labute approximate surface area is 79.0 Å². The summed E-state index contributed by atoms with van der Waals surface area (Å²) in [4.78, 5) is 0. The lowest BCUT2D eigenvalue weighted by Gasteiger charge is -2.40. The molecule has 1 saturated heterocycles. The molecule has 0 aromatic rings. The van der Waals surface area contributed by atoms with Crippen LogP contribution in [0.25, 0.3) is 0 Å². The molecule has 0 radical (unpaired) electrons. The molecule has 4 nitrogen and oxygen atoms in total. The Morgan fingerprint density at radius 1 is 1.31 bits per heavy atom. The fraction of sp³-hybridized carbons (Fsp3) is 1.00. The molecule has 13 heavy (non-hydrogen) atoms. The first kappa shape index (κ1) is 10.9. The largest absolute Gasteiger partial charge is 0.384 e. The van der Waals surface area contributed by atoms with Gasteiger partial charge in [-0.25, -0.2) is 0 Å². The van der Waals surface area contributed by atoms with Gasteiger partial charge in [0.2, 0.25) is 0 Å². The minimum Gasteiger partial charge on any atom is -0.384 e. The Balaban J connectivity index is 2.71. The highest BCUT2D eigenvalue weighted by molar-refractivity contribution is 4.94. The van der Waals surface area contributed by atoms with Gasteiger partial charge in [-0.05, 0) is 0 Å². The summed E-state index contributed by atoms with van der Waals surface area (Å²) in [7, 11) is 0. The summed E-state index contributed by atoms with van der Waals surface area (Å²) in [5, 5.41) is 10.2. The van der Waals surface area contributed by atoms with Crippen molar-refractivity contribution in [1.29, 1.82) is 0 Å². The first-order valence-corrected chi connectivity index (χ1v) is 4.60.